The van der Waals surface area contributed by atoms with Crippen molar-refractivity contribution >= 4 is 5.69 Å². The highest BCUT2D eigenvalue weighted by molar-refractivity contribution is 5.43. The third-order valence-electron chi connectivity index (χ3n) is 2.27. The van der Waals surface area contributed by atoms with Crippen molar-refractivity contribution in [3.63, 3.8) is 0 Å². The van der Waals surface area contributed by atoms with Crippen molar-refractivity contribution in [1.29, 1.82) is 0 Å². The molecule has 0 aliphatic carbocycles. The Balaban J connectivity index is 2.51. The zero-order valence-electron chi connectivity index (χ0n) is 9.53. The Morgan fingerprint density at radius 1 is 1.40 bits per heavy atom. The molecule has 0 spiro atoms. The summed E-state index contributed by atoms with van der Waals surface area (Å²) in [5, 5.41) is 9.76. The van der Waals surface area contributed by atoms with Gasteiger partial charge in [-0.25, -0.2) is 0 Å². The van der Waals surface area contributed by atoms with E-state index in [-0.39, 0.29) is 12.0 Å². The van der Waals surface area contributed by atoms with Crippen LogP contribution in [0.1, 0.15) is 20.8 Å². The molecule has 1 atom stereocenters. The molecule has 0 bridgehead atoms. The molecule has 15 heavy (non-hydrogen) atoms. The van der Waals surface area contributed by atoms with E-state index in [1.54, 1.807) is 12.1 Å². The summed E-state index contributed by atoms with van der Waals surface area (Å²) in [4.78, 5) is 0. The van der Waals surface area contributed by atoms with E-state index in [0.29, 0.717) is 11.4 Å². The van der Waals surface area contributed by atoms with Crippen LogP contribution < -0.4 is 10.5 Å². The average molecular weight is 209 g/mol. The van der Waals surface area contributed by atoms with Crippen LogP contribution in [0.15, 0.2) is 24.3 Å². The molecule has 1 aromatic carbocycles. The fourth-order valence-electron chi connectivity index (χ4n) is 1.03. The summed E-state index contributed by atoms with van der Waals surface area (Å²) in [7, 11) is 0. The minimum atomic E-state index is -0.487. The van der Waals surface area contributed by atoms with Crippen LogP contribution in [0.3, 0.4) is 0 Å². The highest BCUT2D eigenvalue weighted by Gasteiger charge is 2.22. The normalized spacial score (nSPS) is 13.6. The summed E-state index contributed by atoms with van der Waals surface area (Å²) < 4.78 is 5.45. The van der Waals surface area contributed by atoms with Crippen molar-refractivity contribution in [2.24, 2.45) is 5.41 Å². The topological polar surface area (TPSA) is 55.5 Å². The molecule has 0 saturated heterocycles. The van der Waals surface area contributed by atoms with Crippen LogP contribution in [0.5, 0.6) is 5.75 Å². The van der Waals surface area contributed by atoms with Crippen molar-refractivity contribution in [2.75, 3.05) is 12.3 Å². The van der Waals surface area contributed by atoms with E-state index in [9.17, 15) is 5.11 Å². The van der Waals surface area contributed by atoms with Gasteiger partial charge < -0.3 is 15.6 Å². The van der Waals surface area contributed by atoms with Gasteiger partial charge in [-0.3, -0.25) is 0 Å². The van der Waals surface area contributed by atoms with Crippen LogP contribution in [-0.4, -0.2) is 17.8 Å². The van der Waals surface area contributed by atoms with Gasteiger partial charge in [0.2, 0.25) is 0 Å². The van der Waals surface area contributed by atoms with Gasteiger partial charge in [-0.15, -0.1) is 0 Å². The zero-order chi connectivity index (χ0) is 11.5. The minimum absolute atomic E-state index is 0.166. The second-order valence-electron chi connectivity index (χ2n) is 4.77. The number of benzene rings is 1. The van der Waals surface area contributed by atoms with Crippen LogP contribution in [-0.2, 0) is 0 Å². The number of hydrogen-bond acceptors (Lipinski definition) is 3. The highest BCUT2D eigenvalue weighted by Crippen LogP contribution is 2.21. The van der Waals surface area contributed by atoms with Gasteiger partial charge in [-0.05, 0) is 17.5 Å². The number of rotatable bonds is 3. The fourth-order valence-corrected chi connectivity index (χ4v) is 1.03. The fraction of sp³-hybridized carbons (Fsp3) is 0.500. The Bertz CT molecular complexity index is 318. The lowest BCUT2D eigenvalue weighted by Gasteiger charge is -2.25. The van der Waals surface area contributed by atoms with Crippen LogP contribution in [0.4, 0.5) is 5.69 Å². The van der Waals surface area contributed by atoms with Gasteiger partial charge in [0.05, 0.1) is 6.10 Å². The Morgan fingerprint density at radius 2 is 2.07 bits per heavy atom. The van der Waals surface area contributed by atoms with E-state index >= 15 is 0 Å². The predicted molar refractivity (Wildman–Crippen MR) is 61.8 cm³/mol. The van der Waals surface area contributed by atoms with Crippen molar-refractivity contribution in [3.8, 4) is 5.75 Å². The van der Waals surface area contributed by atoms with Crippen molar-refractivity contribution in [3.05, 3.63) is 24.3 Å². The Labute approximate surface area is 90.9 Å². The monoisotopic (exact) mass is 209 g/mol. The van der Waals surface area contributed by atoms with Gasteiger partial charge >= 0.3 is 0 Å². The quantitative estimate of drug-likeness (QED) is 0.749. The largest absolute Gasteiger partial charge is 0.491 e. The third-order valence-corrected chi connectivity index (χ3v) is 2.27. The molecule has 3 nitrogen and oxygen atoms in total. The molecule has 1 rings (SSSR count). The molecule has 1 aromatic rings. The molecule has 0 heterocycles. The molecule has 0 unspecified atom stereocenters. The molecular weight excluding hydrogens is 190 g/mol. The minimum Gasteiger partial charge on any atom is -0.491 e. The maximum atomic E-state index is 9.76. The first-order chi connectivity index (χ1) is 6.89. The lowest BCUT2D eigenvalue weighted by molar-refractivity contribution is 0.0218. The number of hydrogen-bond donors (Lipinski definition) is 2. The molecule has 0 radical (unpaired) electrons. The second-order valence-corrected chi connectivity index (χ2v) is 4.77. The summed E-state index contributed by atoms with van der Waals surface area (Å²) in [5.41, 5.74) is 6.11. The number of anilines is 1. The van der Waals surface area contributed by atoms with E-state index in [1.165, 1.54) is 0 Å². The van der Waals surface area contributed by atoms with Gasteiger partial charge in [0.15, 0.2) is 0 Å². The van der Waals surface area contributed by atoms with E-state index < -0.39 is 6.10 Å². The van der Waals surface area contributed by atoms with Crippen LogP contribution in [0.25, 0.3) is 0 Å². The van der Waals surface area contributed by atoms with Gasteiger partial charge in [0.25, 0.3) is 0 Å². The van der Waals surface area contributed by atoms with Crippen LogP contribution >= 0.6 is 0 Å². The Morgan fingerprint density at radius 3 is 2.60 bits per heavy atom. The molecule has 0 saturated carbocycles. The third kappa shape index (κ3) is 3.80. The zero-order valence-corrected chi connectivity index (χ0v) is 9.53. The predicted octanol–water partition coefficient (Wildman–Crippen LogP) is 2.05. The summed E-state index contributed by atoms with van der Waals surface area (Å²) >= 11 is 0. The lowest BCUT2D eigenvalue weighted by atomic mass is 9.90. The smallest absolute Gasteiger partial charge is 0.121 e. The SMILES string of the molecule is CC(C)(C)[C@H](O)COc1cccc(N)c1. The van der Waals surface area contributed by atoms with Crippen LogP contribution in [0, 0.1) is 5.41 Å². The molecule has 84 valence electrons. The Kier molecular flexibility index (Phi) is 3.58. The number of aliphatic hydroxyl groups excluding tert-OH is 1. The molecule has 0 fully saturated rings. The highest BCUT2D eigenvalue weighted by atomic mass is 16.5. The summed E-state index contributed by atoms with van der Waals surface area (Å²) in [6, 6.07) is 7.20. The standard InChI is InChI=1S/C12H19NO2/c1-12(2,3)11(14)8-15-10-6-4-5-9(13)7-10/h4-7,11,14H,8,13H2,1-3H3/t11-/m1/s1. The molecule has 0 aliphatic rings. The van der Waals surface area contributed by atoms with Crippen molar-refractivity contribution in [2.45, 2.75) is 26.9 Å². The maximum absolute atomic E-state index is 9.76. The van der Waals surface area contributed by atoms with E-state index in [4.69, 9.17) is 10.5 Å². The molecule has 0 aliphatic heterocycles. The maximum Gasteiger partial charge on any atom is 0.121 e. The van der Waals surface area contributed by atoms with Crippen molar-refractivity contribution in [1.82, 2.24) is 0 Å². The lowest BCUT2D eigenvalue weighted by Crippen LogP contribution is -2.31. The first kappa shape index (κ1) is 11.9. The number of aliphatic hydroxyl groups is 1. The molecule has 0 amide bonds. The molecule has 0 aromatic heterocycles. The summed E-state index contributed by atoms with van der Waals surface area (Å²) in [6.45, 7) is 6.20. The van der Waals surface area contributed by atoms with Gasteiger partial charge in [0, 0.05) is 11.8 Å². The molecule has 3 N–H and O–H groups in total. The van der Waals surface area contributed by atoms with E-state index in [2.05, 4.69) is 0 Å². The number of nitrogen functional groups attached to an aromatic ring is 1. The summed E-state index contributed by atoms with van der Waals surface area (Å²) in [5.74, 6) is 0.693. The number of nitrogens with two attached hydrogens (primary N) is 1. The first-order valence-corrected chi connectivity index (χ1v) is 5.06. The molecular formula is C12H19NO2. The Hall–Kier alpha value is -1.22. The van der Waals surface area contributed by atoms with Gasteiger partial charge in [-0.2, -0.15) is 0 Å². The van der Waals surface area contributed by atoms with Crippen molar-refractivity contribution < 1.29 is 9.84 Å². The van der Waals surface area contributed by atoms with E-state index in [0.717, 1.165) is 0 Å². The van der Waals surface area contributed by atoms with Gasteiger partial charge in [-0.1, -0.05) is 26.8 Å². The molecule has 3 heteroatoms. The summed E-state index contributed by atoms with van der Waals surface area (Å²) in [6.07, 6.45) is -0.487. The second kappa shape index (κ2) is 4.53. The van der Waals surface area contributed by atoms with Crippen LogP contribution in [0.2, 0.25) is 0 Å². The van der Waals surface area contributed by atoms with Gasteiger partial charge in [0.1, 0.15) is 12.4 Å². The first-order valence-electron chi connectivity index (χ1n) is 5.06. The number of ether oxygens (including phenoxy) is 1. The average Bonchev–Trinajstić information content (AvgIpc) is 2.12. The van der Waals surface area contributed by atoms with E-state index in [1.807, 2.05) is 32.9 Å².